The first-order valence-electron chi connectivity index (χ1n) is 5.79. The Hall–Kier alpha value is -1.97. The largest absolute Gasteiger partial charge is 0.490 e. The lowest BCUT2D eigenvalue weighted by Gasteiger charge is -2.05. The molecule has 0 radical (unpaired) electrons. The molecule has 4 nitrogen and oxygen atoms in total. The van der Waals surface area contributed by atoms with Gasteiger partial charge in [0, 0.05) is 18.7 Å². The number of anilines is 1. The third-order valence-electron chi connectivity index (χ3n) is 2.87. The van der Waals surface area contributed by atoms with Gasteiger partial charge in [0.1, 0.15) is 11.6 Å². The van der Waals surface area contributed by atoms with E-state index in [9.17, 15) is 0 Å². The third-order valence-corrected chi connectivity index (χ3v) is 2.87. The van der Waals surface area contributed by atoms with Gasteiger partial charge in [-0.2, -0.15) is 5.10 Å². The Balaban J connectivity index is 1.90. The van der Waals surface area contributed by atoms with Gasteiger partial charge in [-0.15, -0.1) is 0 Å². The van der Waals surface area contributed by atoms with E-state index in [-0.39, 0.29) is 0 Å². The van der Waals surface area contributed by atoms with E-state index in [2.05, 4.69) is 5.10 Å². The van der Waals surface area contributed by atoms with Crippen LogP contribution in [-0.2, 0) is 7.05 Å². The molecule has 2 aromatic rings. The van der Waals surface area contributed by atoms with Crippen molar-refractivity contribution < 1.29 is 4.74 Å². The second-order valence-corrected chi connectivity index (χ2v) is 4.42. The molecule has 1 aliphatic rings. The van der Waals surface area contributed by atoms with Gasteiger partial charge < -0.3 is 10.5 Å². The van der Waals surface area contributed by atoms with Crippen molar-refractivity contribution in [3.8, 4) is 17.0 Å². The van der Waals surface area contributed by atoms with Crippen LogP contribution in [-0.4, -0.2) is 15.9 Å². The van der Waals surface area contributed by atoms with E-state index in [1.54, 1.807) is 4.68 Å². The van der Waals surface area contributed by atoms with E-state index in [0.717, 1.165) is 17.0 Å². The second-order valence-electron chi connectivity index (χ2n) is 4.42. The molecule has 0 bridgehead atoms. The quantitative estimate of drug-likeness (QED) is 0.877. The Morgan fingerprint density at radius 3 is 2.82 bits per heavy atom. The predicted octanol–water partition coefficient (Wildman–Crippen LogP) is 2.21. The van der Waals surface area contributed by atoms with Crippen LogP contribution >= 0.6 is 0 Å². The molecule has 17 heavy (non-hydrogen) atoms. The number of nitrogen functional groups attached to an aromatic ring is 1. The molecular weight excluding hydrogens is 214 g/mol. The van der Waals surface area contributed by atoms with Crippen LogP contribution in [0.2, 0.25) is 0 Å². The van der Waals surface area contributed by atoms with E-state index in [1.807, 2.05) is 37.4 Å². The van der Waals surface area contributed by atoms with E-state index in [1.165, 1.54) is 12.8 Å². The highest BCUT2D eigenvalue weighted by molar-refractivity contribution is 5.63. The molecule has 1 saturated carbocycles. The van der Waals surface area contributed by atoms with Crippen LogP contribution in [0.4, 0.5) is 5.82 Å². The Kier molecular flexibility index (Phi) is 2.28. The molecule has 0 unspecified atom stereocenters. The van der Waals surface area contributed by atoms with Crippen LogP contribution in [0.5, 0.6) is 5.75 Å². The first-order valence-corrected chi connectivity index (χ1v) is 5.79. The maximum Gasteiger partial charge on any atom is 0.121 e. The van der Waals surface area contributed by atoms with E-state index >= 15 is 0 Å². The summed E-state index contributed by atoms with van der Waals surface area (Å²) in [5, 5.41) is 4.35. The number of hydrogen-bond donors (Lipinski definition) is 1. The fourth-order valence-corrected chi connectivity index (χ4v) is 1.73. The number of nitrogens with two attached hydrogens (primary N) is 1. The molecule has 4 heteroatoms. The maximum absolute atomic E-state index is 5.78. The number of rotatable bonds is 3. The zero-order valence-electron chi connectivity index (χ0n) is 9.76. The third kappa shape index (κ3) is 2.11. The van der Waals surface area contributed by atoms with Crippen LogP contribution in [0.25, 0.3) is 11.3 Å². The fraction of sp³-hybridized carbons (Fsp3) is 0.308. The van der Waals surface area contributed by atoms with Gasteiger partial charge in [-0.1, -0.05) is 12.1 Å². The molecule has 1 aromatic heterocycles. The lowest BCUT2D eigenvalue weighted by atomic mass is 10.1. The minimum atomic E-state index is 0.416. The first kappa shape index (κ1) is 10.2. The summed E-state index contributed by atoms with van der Waals surface area (Å²) in [4.78, 5) is 0. The van der Waals surface area contributed by atoms with Gasteiger partial charge in [0.2, 0.25) is 0 Å². The Morgan fingerprint density at radius 2 is 2.18 bits per heavy atom. The van der Waals surface area contributed by atoms with Crippen molar-refractivity contribution in [2.45, 2.75) is 18.9 Å². The summed E-state index contributed by atoms with van der Waals surface area (Å²) in [5.41, 5.74) is 7.69. The normalized spacial score (nSPS) is 14.9. The summed E-state index contributed by atoms with van der Waals surface area (Å²) in [6.07, 6.45) is 2.75. The molecule has 88 valence electrons. The van der Waals surface area contributed by atoms with Gasteiger partial charge in [0.05, 0.1) is 11.8 Å². The van der Waals surface area contributed by atoms with Crippen molar-refractivity contribution in [2.75, 3.05) is 5.73 Å². The zero-order chi connectivity index (χ0) is 11.8. The van der Waals surface area contributed by atoms with Crippen molar-refractivity contribution in [3.05, 3.63) is 30.3 Å². The van der Waals surface area contributed by atoms with Crippen LogP contribution < -0.4 is 10.5 Å². The minimum Gasteiger partial charge on any atom is -0.490 e. The summed E-state index contributed by atoms with van der Waals surface area (Å²) < 4.78 is 7.43. The van der Waals surface area contributed by atoms with Crippen molar-refractivity contribution in [3.63, 3.8) is 0 Å². The Labute approximate surface area is 100 Å². The molecule has 1 fully saturated rings. The van der Waals surface area contributed by atoms with Gasteiger partial charge in [-0.25, -0.2) is 0 Å². The monoisotopic (exact) mass is 229 g/mol. The molecule has 0 spiro atoms. The van der Waals surface area contributed by atoms with E-state index < -0.39 is 0 Å². The maximum atomic E-state index is 5.78. The second kappa shape index (κ2) is 3.80. The topological polar surface area (TPSA) is 53.1 Å². The summed E-state index contributed by atoms with van der Waals surface area (Å²) in [6, 6.07) is 9.86. The lowest BCUT2D eigenvalue weighted by molar-refractivity contribution is 0.303. The van der Waals surface area contributed by atoms with Crippen molar-refractivity contribution in [1.29, 1.82) is 0 Å². The Bertz CT molecular complexity index is 524. The average Bonchev–Trinajstić information content (AvgIpc) is 3.06. The van der Waals surface area contributed by atoms with Crippen molar-refractivity contribution in [2.24, 2.45) is 7.05 Å². The SMILES string of the molecule is Cn1nc(-c2cccc(OC3CC3)c2)cc1N. The number of ether oxygens (including phenoxy) is 1. The molecule has 2 N–H and O–H groups in total. The van der Waals surface area contributed by atoms with Crippen LogP contribution in [0.1, 0.15) is 12.8 Å². The van der Waals surface area contributed by atoms with Gasteiger partial charge in [-0.3, -0.25) is 4.68 Å². The van der Waals surface area contributed by atoms with Gasteiger partial charge in [0.25, 0.3) is 0 Å². The van der Waals surface area contributed by atoms with Gasteiger partial charge in [-0.05, 0) is 25.0 Å². The number of benzene rings is 1. The highest BCUT2D eigenvalue weighted by atomic mass is 16.5. The predicted molar refractivity (Wildman–Crippen MR) is 66.7 cm³/mol. The van der Waals surface area contributed by atoms with Crippen LogP contribution in [0, 0.1) is 0 Å². The number of hydrogen-bond acceptors (Lipinski definition) is 3. The minimum absolute atomic E-state index is 0.416. The van der Waals surface area contributed by atoms with Crippen LogP contribution in [0.3, 0.4) is 0 Å². The molecule has 0 amide bonds. The average molecular weight is 229 g/mol. The van der Waals surface area contributed by atoms with E-state index in [0.29, 0.717) is 11.9 Å². The number of aromatic nitrogens is 2. The molecule has 1 aromatic carbocycles. The smallest absolute Gasteiger partial charge is 0.121 e. The Morgan fingerprint density at radius 1 is 1.35 bits per heavy atom. The summed E-state index contributed by atoms with van der Waals surface area (Å²) in [6.45, 7) is 0. The van der Waals surface area contributed by atoms with Gasteiger partial charge in [0.15, 0.2) is 0 Å². The number of aryl methyl sites for hydroxylation is 1. The molecular formula is C13H15N3O. The summed E-state index contributed by atoms with van der Waals surface area (Å²) in [7, 11) is 1.84. The summed E-state index contributed by atoms with van der Waals surface area (Å²) >= 11 is 0. The molecule has 3 rings (SSSR count). The van der Waals surface area contributed by atoms with Crippen molar-refractivity contribution in [1.82, 2.24) is 9.78 Å². The first-order chi connectivity index (χ1) is 8.22. The highest BCUT2D eigenvalue weighted by Gasteiger charge is 2.23. The van der Waals surface area contributed by atoms with Gasteiger partial charge >= 0.3 is 0 Å². The molecule has 0 atom stereocenters. The highest BCUT2D eigenvalue weighted by Crippen LogP contribution is 2.29. The molecule has 0 aliphatic heterocycles. The summed E-state index contributed by atoms with van der Waals surface area (Å²) in [5.74, 6) is 1.57. The standard InChI is InChI=1S/C13H15N3O/c1-16-13(14)8-12(15-16)9-3-2-4-11(7-9)17-10-5-6-10/h2-4,7-8,10H,5-6,14H2,1H3. The van der Waals surface area contributed by atoms with Crippen molar-refractivity contribution >= 4 is 5.82 Å². The number of nitrogens with zero attached hydrogens (tertiary/aromatic N) is 2. The molecule has 0 saturated heterocycles. The lowest BCUT2D eigenvalue weighted by Crippen LogP contribution is -1.97. The zero-order valence-corrected chi connectivity index (χ0v) is 9.76. The van der Waals surface area contributed by atoms with Crippen LogP contribution in [0.15, 0.2) is 30.3 Å². The fourth-order valence-electron chi connectivity index (χ4n) is 1.73. The van der Waals surface area contributed by atoms with E-state index in [4.69, 9.17) is 10.5 Å². The molecule has 1 heterocycles. The molecule has 1 aliphatic carbocycles.